The maximum Gasteiger partial charge on any atom is 0.239 e. The van der Waals surface area contributed by atoms with Crippen LogP contribution in [-0.2, 0) is 14.6 Å². The number of hydrogen-bond acceptors (Lipinski definition) is 5. The number of hydrogen-bond donors (Lipinski definition) is 2. The number of piperazine rings is 1. The van der Waals surface area contributed by atoms with Gasteiger partial charge in [-0.3, -0.25) is 4.79 Å². The van der Waals surface area contributed by atoms with Crippen LogP contribution in [0, 0.1) is 0 Å². The van der Waals surface area contributed by atoms with Crippen LogP contribution in [-0.4, -0.2) is 40.2 Å². The maximum absolute atomic E-state index is 11.4. The van der Waals surface area contributed by atoms with Crippen molar-refractivity contribution in [2.75, 3.05) is 36.5 Å². The van der Waals surface area contributed by atoms with Gasteiger partial charge in [-0.05, 0) is 18.2 Å². The average molecular weight is 269 g/mol. The Labute approximate surface area is 106 Å². The van der Waals surface area contributed by atoms with Crippen molar-refractivity contribution < 1.29 is 13.2 Å². The molecule has 0 unspecified atom stereocenters. The lowest BCUT2D eigenvalue weighted by Crippen LogP contribution is -2.47. The van der Waals surface area contributed by atoms with E-state index in [0.29, 0.717) is 24.5 Å². The summed E-state index contributed by atoms with van der Waals surface area (Å²) >= 11 is 0. The van der Waals surface area contributed by atoms with E-state index in [4.69, 9.17) is 5.73 Å². The second kappa shape index (κ2) is 4.49. The molecule has 0 saturated carbocycles. The van der Waals surface area contributed by atoms with Gasteiger partial charge in [0.2, 0.25) is 5.91 Å². The first-order valence-corrected chi connectivity index (χ1v) is 7.38. The van der Waals surface area contributed by atoms with Crippen molar-refractivity contribution in [3.05, 3.63) is 18.2 Å². The summed E-state index contributed by atoms with van der Waals surface area (Å²) in [6.45, 7) is 1.46. The van der Waals surface area contributed by atoms with Crippen LogP contribution >= 0.6 is 0 Å². The van der Waals surface area contributed by atoms with E-state index in [2.05, 4.69) is 5.32 Å². The zero-order chi connectivity index (χ0) is 13.3. The highest BCUT2D eigenvalue weighted by molar-refractivity contribution is 7.90. The Hall–Kier alpha value is -1.76. The molecule has 1 amide bonds. The number of nitrogen functional groups attached to an aromatic ring is 1. The number of carbonyl (C=O) groups excluding carboxylic acids is 1. The van der Waals surface area contributed by atoms with Crippen molar-refractivity contribution in [3.63, 3.8) is 0 Å². The zero-order valence-corrected chi connectivity index (χ0v) is 10.8. The number of benzene rings is 1. The number of nitrogens with one attached hydrogen (secondary N) is 1. The van der Waals surface area contributed by atoms with Gasteiger partial charge in [0.1, 0.15) is 0 Å². The lowest BCUT2D eigenvalue weighted by atomic mass is 10.2. The smallest absolute Gasteiger partial charge is 0.239 e. The Balaban J connectivity index is 2.33. The summed E-state index contributed by atoms with van der Waals surface area (Å²) in [7, 11) is -3.26. The van der Waals surface area contributed by atoms with E-state index in [9.17, 15) is 13.2 Å². The van der Waals surface area contributed by atoms with Crippen molar-refractivity contribution in [3.8, 4) is 0 Å². The number of sulfone groups is 1. The van der Waals surface area contributed by atoms with Crippen molar-refractivity contribution in [1.29, 1.82) is 0 Å². The standard InChI is InChI=1S/C11H15N3O3S/c1-18(16,17)8-2-3-10(9(12)6-8)14-5-4-13-11(15)7-14/h2-3,6H,4-5,7,12H2,1H3,(H,13,15). The van der Waals surface area contributed by atoms with E-state index in [1.165, 1.54) is 12.1 Å². The third-order valence-corrected chi connectivity index (χ3v) is 3.92. The van der Waals surface area contributed by atoms with Gasteiger partial charge in [-0.25, -0.2) is 8.42 Å². The summed E-state index contributed by atoms with van der Waals surface area (Å²) in [4.78, 5) is 13.3. The Kier molecular flexibility index (Phi) is 3.16. The zero-order valence-electron chi connectivity index (χ0n) is 10.0. The van der Waals surface area contributed by atoms with Gasteiger partial charge in [0.25, 0.3) is 0 Å². The predicted molar refractivity (Wildman–Crippen MR) is 69.2 cm³/mol. The monoisotopic (exact) mass is 269 g/mol. The molecule has 6 nitrogen and oxygen atoms in total. The minimum atomic E-state index is -3.26. The van der Waals surface area contributed by atoms with Crippen LogP contribution < -0.4 is 16.0 Å². The molecule has 1 saturated heterocycles. The quantitative estimate of drug-likeness (QED) is 0.713. The highest BCUT2D eigenvalue weighted by Gasteiger charge is 2.19. The first-order chi connectivity index (χ1) is 8.38. The minimum absolute atomic E-state index is 0.0622. The Bertz CT molecular complexity index is 583. The van der Waals surface area contributed by atoms with E-state index in [0.717, 1.165) is 6.26 Å². The van der Waals surface area contributed by atoms with Crippen LogP contribution in [0.25, 0.3) is 0 Å². The van der Waals surface area contributed by atoms with E-state index in [1.807, 2.05) is 4.90 Å². The average Bonchev–Trinajstić information content (AvgIpc) is 2.27. The van der Waals surface area contributed by atoms with Gasteiger partial charge in [0.05, 0.1) is 22.8 Å². The molecule has 0 aliphatic carbocycles. The maximum atomic E-state index is 11.4. The topological polar surface area (TPSA) is 92.5 Å². The summed E-state index contributed by atoms with van der Waals surface area (Å²) in [5.74, 6) is -0.0622. The Morgan fingerprint density at radius 3 is 2.67 bits per heavy atom. The van der Waals surface area contributed by atoms with Crippen LogP contribution in [0.4, 0.5) is 11.4 Å². The first-order valence-electron chi connectivity index (χ1n) is 5.49. The molecule has 1 aliphatic rings. The van der Waals surface area contributed by atoms with Gasteiger partial charge < -0.3 is 16.0 Å². The molecule has 3 N–H and O–H groups in total. The van der Waals surface area contributed by atoms with Gasteiger partial charge in [0, 0.05) is 19.3 Å². The van der Waals surface area contributed by atoms with E-state index in [1.54, 1.807) is 6.07 Å². The van der Waals surface area contributed by atoms with Gasteiger partial charge in [0.15, 0.2) is 9.84 Å². The van der Waals surface area contributed by atoms with Crippen LogP contribution in [0.1, 0.15) is 0 Å². The molecule has 1 aromatic rings. The van der Waals surface area contributed by atoms with Crippen LogP contribution in [0.15, 0.2) is 23.1 Å². The van der Waals surface area contributed by atoms with Gasteiger partial charge in [-0.1, -0.05) is 0 Å². The second-order valence-electron chi connectivity index (χ2n) is 4.26. The van der Waals surface area contributed by atoms with Gasteiger partial charge >= 0.3 is 0 Å². The van der Waals surface area contributed by atoms with Crippen molar-refractivity contribution >= 4 is 27.1 Å². The van der Waals surface area contributed by atoms with Crippen LogP contribution in [0.5, 0.6) is 0 Å². The summed E-state index contributed by atoms with van der Waals surface area (Å²) < 4.78 is 22.8. The third kappa shape index (κ3) is 2.56. The summed E-state index contributed by atoms with van der Waals surface area (Å²) in [6.07, 6.45) is 1.13. The van der Waals surface area contributed by atoms with Crippen LogP contribution in [0.3, 0.4) is 0 Å². The molecular weight excluding hydrogens is 254 g/mol. The molecule has 1 aromatic carbocycles. The molecule has 0 aromatic heterocycles. The number of carbonyl (C=O) groups is 1. The molecular formula is C11H15N3O3S. The minimum Gasteiger partial charge on any atom is -0.397 e. The predicted octanol–water partition coefficient (Wildman–Crippen LogP) is -0.391. The molecule has 0 radical (unpaired) electrons. The number of anilines is 2. The number of rotatable bonds is 2. The Morgan fingerprint density at radius 2 is 2.11 bits per heavy atom. The summed E-state index contributed by atoms with van der Waals surface area (Å²) in [6, 6.07) is 4.58. The Morgan fingerprint density at radius 1 is 1.39 bits per heavy atom. The van der Waals surface area contributed by atoms with Crippen LogP contribution in [0.2, 0.25) is 0 Å². The highest BCUT2D eigenvalue weighted by Crippen LogP contribution is 2.26. The third-order valence-electron chi connectivity index (χ3n) is 2.81. The molecule has 1 fully saturated rings. The summed E-state index contributed by atoms with van der Waals surface area (Å²) in [5.41, 5.74) is 6.92. The molecule has 98 valence electrons. The molecule has 0 bridgehead atoms. The fourth-order valence-electron chi connectivity index (χ4n) is 1.90. The van der Waals surface area contributed by atoms with E-state index in [-0.39, 0.29) is 17.3 Å². The first kappa shape index (κ1) is 12.7. The lowest BCUT2D eigenvalue weighted by Gasteiger charge is -2.29. The molecule has 18 heavy (non-hydrogen) atoms. The number of amides is 1. The van der Waals surface area contributed by atoms with Gasteiger partial charge in [-0.2, -0.15) is 0 Å². The fourth-order valence-corrected chi connectivity index (χ4v) is 2.55. The SMILES string of the molecule is CS(=O)(=O)c1ccc(N2CCNC(=O)C2)c(N)c1. The van der Waals surface area contributed by atoms with Crippen molar-refractivity contribution in [2.45, 2.75) is 4.90 Å². The van der Waals surface area contributed by atoms with E-state index < -0.39 is 9.84 Å². The molecule has 0 atom stereocenters. The lowest BCUT2D eigenvalue weighted by molar-refractivity contribution is -0.120. The molecule has 1 aliphatic heterocycles. The largest absolute Gasteiger partial charge is 0.397 e. The number of nitrogens with zero attached hydrogens (tertiary/aromatic N) is 1. The van der Waals surface area contributed by atoms with E-state index >= 15 is 0 Å². The van der Waals surface area contributed by atoms with Crippen molar-refractivity contribution in [1.82, 2.24) is 5.32 Å². The normalized spacial score (nSPS) is 16.5. The highest BCUT2D eigenvalue weighted by atomic mass is 32.2. The molecule has 7 heteroatoms. The van der Waals surface area contributed by atoms with Crippen molar-refractivity contribution in [2.24, 2.45) is 0 Å². The van der Waals surface area contributed by atoms with Gasteiger partial charge in [-0.15, -0.1) is 0 Å². The number of nitrogens with two attached hydrogens (primary N) is 1. The second-order valence-corrected chi connectivity index (χ2v) is 6.28. The molecule has 2 rings (SSSR count). The molecule has 1 heterocycles. The summed E-state index contributed by atoms with van der Waals surface area (Å²) in [5, 5.41) is 2.72. The molecule has 0 spiro atoms. The fraction of sp³-hybridized carbons (Fsp3) is 0.364.